The summed E-state index contributed by atoms with van der Waals surface area (Å²) in [6, 6.07) is 8.64. The van der Waals surface area contributed by atoms with Crippen LogP contribution in [0.25, 0.3) is 0 Å². The molecule has 4 heteroatoms. The number of likely N-dealkylation sites (N-methyl/N-ethyl adjacent to an activating group) is 1. The SMILES string of the molecule is COc1ccccc1CC(C)N(C)CCCC(N)=S. The molecule has 1 rings (SSSR count). The first-order valence-corrected chi connectivity index (χ1v) is 7.06. The largest absolute Gasteiger partial charge is 0.496 e. The fourth-order valence-electron chi connectivity index (χ4n) is 2.07. The Kier molecular flexibility index (Phi) is 6.81. The van der Waals surface area contributed by atoms with Gasteiger partial charge in [-0.3, -0.25) is 0 Å². The number of hydrogen-bond donors (Lipinski definition) is 1. The second kappa shape index (κ2) is 8.12. The van der Waals surface area contributed by atoms with Gasteiger partial charge in [-0.25, -0.2) is 0 Å². The Balaban J connectivity index is 2.49. The molecule has 0 radical (unpaired) electrons. The van der Waals surface area contributed by atoms with E-state index >= 15 is 0 Å². The maximum Gasteiger partial charge on any atom is 0.122 e. The Bertz CT molecular complexity index is 409. The molecule has 3 nitrogen and oxygen atoms in total. The molecule has 0 aliphatic rings. The van der Waals surface area contributed by atoms with Crippen molar-refractivity contribution in [2.45, 2.75) is 32.2 Å². The van der Waals surface area contributed by atoms with E-state index in [1.54, 1.807) is 7.11 Å². The van der Waals surface area contributed by atoms with Crippen LogP contribution in [0.4, 0.5) is 0 Å². The quantitative estimate of drug-likeness (QED) is 0.743. The molecule has 106 valence electrons. The summed E-state index contributed by atoms with van der Waals surface area (Å²) < 4.78 is 5.39. The van der Waals surface area contributed by atoms with Crippen LogP contribution in [0.15, 0.2) is 24.3 Å². The summed E-state index contributed by atoms with van der Waals surface area (Å²) in [5.74, 6) is 0.964. The molecule has 0 amide bonds. The molecular formula is C15H24N2OS. The first-order chi connectivity index (χ1) is 9.04. The van der Waals surface area contributed by atoms with E-state index in [9.17, 15) is 0 Å². The molecule has 19 heavy (non-hydrogen) atoms. The second-order valence-corrected chi connectivity index (χ2v) is 5.44. The van der Waals surface area contributed by atoms with Crippen molar-refractivity contribution < 1.29 is 4.74 Å². The average molecular weight is 280 g/mol. The molecule has 0 aliphatic carbocycles. The fraction of sp³-hybridized carbons (Fsp3) is 0.533. The highest BCUT2D eigenvalue weighted by Gasteiger charge is 2.12. The van der Waals surface area contributed by atoms with E-state index in [1.807, 2.05) is 12.1 Å². The number of nitrogens with two attached hydrogens (primary N) is 1. The smallest absolute Gasteiger partial charge is 0.122 e. The van der Waals surface area contributed by atoms with Crippen LogP contribution in [-0.4, -0.2) is 36.6 Å². The molecule has 0 bridgehead atoms. The Morgan fingerprint density at radius 3 is 2.74 bits per heavy atom. The van der Waals surface area contributed by atoms with Crippen molar-refractivity contribution in [1.29, 1.82) is 0 Å². The Labute approximate surface area is 121 Å². The van der Waals surface area contributed by atoms with Gasteiger partial charge < -0.3 is 15.4 Å². The molecule has 0 aliphatic heterocycles. The molecule has 2 N–H and O–H groups in total. The van der Waals surface area contributed by atoms with Gasteiger partial charge in [0.15, 0.2) is 0 Å². The number of thiocarbonyl (C=S) groups is 1. The number of hydrogen-bond acceptors (Lipinski definition) is 3. The van der Waals surface area contributed by atoms with Crippen molar-refractivity contribution in [3.05, 3.63) is 29.8 Å². The third-order valence-corrected chi connectivity index (χ3v) is 3.60. The zero-order valence-electron chi connectivity index (χ0n) is 12.1. The van der Waals surface area contributed by atoms with E-state index in [0.717, 1.165) is 31.6 Å². The molecule has 1 unspecified atom stereocenters. The third kappa shape index (κ3) is 5.57. The number of benzene rings is 1. The molecule has 1 aromatic carbocycles. The van der Waals surface area contributed by atoms with Crippen LogP contribution in [0.5, 0.6) is 5.75 Å². The Hall–Kier alpha value is -1.13. The number of methoxy groups -OCH3 is 1. The van der Waals surface area contributed by atoms with Gasteiger partial charge in [0.25, 0.3) is 0 Å². The van der Waals surface area contributed by atoms with Crippen LogP contribution >= 0.6 is 12.2 Å². The lowest BCUT2D eigenvalue weighted by atomic mass is 10.0. The van der Waals surface area contributed by atoms with Gasteiger partial charge in [0.05, 0.1) is 12.1 Å². The highest BCUT2D eigenvalue weighted by Crippen LogP contribution is 2.20. The second-order valence-electron chi connectivity index (χ2n) is 4.92. The lowest BCUT2D eigenvalue weighted by Crippen LogP contribution is -2.32. The van der Waals surface area contributed by atoms with Crippen LogP contribution in [0.1, 0.15) is 25.3 Å². The predicted octanol–water partition coefficient (Wildman–Crippen LogP) is 2.62. The van der Waals surface area contributed by atoms with Crippen LogP contribution in [0.3, 0.4) is 0 Å². The molecule has 0 aromatic heterocycles. The van der Waals surface area contributed by atoms with Gasteiger partial charge in [-0.2, -0.15) is 0 Å². The summed E-state index contributed by atoms with van der Waals surface area (Å²) in [7, 11) is 3.86. The number of para-hydroxylation sites is 1. The molecule has 1 atom stereocenters. The highest BCUT2D eigenvalue weighted by molar-refractivity contribution is 7.80. The van der Waals surface area contributed by atoms with E-state index in [-0.39, 0.29) is 0 Å². The summed E-state index contributed by atoms with van der Waals surface area (Å²) in [4.78, 5) is 2.94. The normalized spacial score (nSPS) is 12.4. The summed E-state index contributed by atoms with van der Waals surface area (Å²) in [6.45, 7) is 3.24. The topological polar surface area (TPSA) is 38.5 Å². The van der Waals surface area contributed by atoms with Gasteiger partial charge in [0.1, 0.15) is 5.75 Å². The molecular weight excluding hydrogens is 256 g/mol. The highest BCUT2D eigenvalue weighted by atomic mass is 32.1. The molecule has 0 heterocycles. The number of nitrogens with zero attached hydrogens (tertiary/aromatic N) is 1. The van der Waals surface area contributed by atoms with Crippen molar-refractivity contribution in [3.8, 4) is 5.75 Å². The van der Waals surface area contributed by atoms with E-state index in [1.165, 1.54) is 5.56 Å². The minimum absolute atomic E-state index is 0.461. The summed E-state index contributed by atoms with van der Waals surface area (Å²) >= 11 is 4.89. The van der Waals surface area contributed by atoms with Crippen LogP contribution in [-0.2, 0) is 6.42 Å². The van der Waals surface area contributed by atoms with Crippen molar-refractivity contribution in [2.75, 3.05) is 20.7 Å². The van der Waals surface area contributed by atoms with E-state index in [0.29, 0.717) is 11.0 Å². The fourth-order valence-corrected chi connectivity index (χ4v) is 2.21. The van der Waals surface area contributed by atoms with E-state index < -0.39 is 0 Å². The maximum absolute atomic E-state index is 5.51. The van der Waals surface area contributed by atoms with Crippen molar-refractivity contribution in [1.82, 2.24) is 4.90 Å². The zero-order valence-corrected chi connectivity index (χ0v) is 12.9. The standard InChI is InChI=1S/C15H24N2OS/c1-12(17(2)10-6-9-15(16)19)11-13-7-4-5-8-14(13)18-3/h4-5,7-8,12H,6,9-11H2,1-3H3,(H2,16,19). The predicted molar refractivity (Wildman–Crippen MR) is 84.8 cm³/mol. The van der Waals surface area contributed by atoms with Crippen LogP contribution < -0.4 is 10.5 Å². The molecule has 0 fully saturated rings. The number of ether oxygens (including phenoxy) is 1. The molecule has 1 aromatic rings. The van der Waals surface area contributed by atoms with Crippen molar-refractivity contribution in [2.24, 2.45) is 5.73 Å². The maximum atomic E-state index is 5.51. The van der Waals surface area contributed by atoms with Crippen LogP contribution in [0.2, 0.25) is 0 Å². The monoisotopic (exact) mass is 280 g/mol. The van der Waals surface area contributed by atoms with Gasteiger partial charge >= 0.3 is 0 Å². The lowest BCUT2D eigenvalue weighted by Gasteiger charge is -2.25. The van der Waals surface area contributed by atoms with Gasteiger partial charge in [-0.15, -0.1) is 0 Å². The summed E-state index contributed by atoms with van der Waals surface area (Å²) in [5.41, 5.74) is 6.76. The first-order valence-electron chi connectivity index (χ1n) is 6.65. The van der Waals surface area contributed by atoms with Gasteiger partial charge in [-0.1, -0.05) is 30.4 Å². The number of rotatable bonds is 8. The summed E-state index contributed by atoms with van der Waals surface area (Å²) in [5, 5.41) is 0. The van der Waals surface area contributed by atoms with Crippen molar-refractivity contribution >= 4 is 17.2 Å². The van der Waals surface area contributed by atoms with E-state index in [4.69, 9.17) is 22.7 Å². The minimum Gasteiger partial charge on any atom is -0.496 e. The summed E-state index contributed by atoms with van der Waals surface area (Å²) in [6.07, 6.45) is 2.82. The zero-order chi connectivity index (χ0) is 14.3. The van der Waals surface area contributed by atoms with Gasteiger partial charge in [0, 0.05) is 6.04 Å². The van der Waals surface area contributed by atoms with Crippen molar-refractivity contribution in [3.63, 3.8) is 0 Å². The third-order valence-electron chi connectivity index (χ3n) is 3.39. The molecule has 0 spiro atoms. The van der Waals surface area contributed by atoms with E-state index in [2.05, 4.69) is 31.0 Å². The van der Waals surface area contributed by atoms with Crippen LogP contribution in [0, 0.1) is 0 Å². The van der Waals surface area contributed by atoms with Gasteiger partial charge in [0.2, 0.25) is 0 Å². The Morgan fingerprint density at radius 1 is 1.42 bits per heavy atom. The molecule has 0 saturated carbocycles. The molecule has 0 saturated heterocycles. The first kappa shape index (κ1) is 15.9. The van der Waals surface area contributed by atoms with Gasteiger partial charge in [-0.05, 0) is 51.4 Å². The Morgan fingerprint density at radius 2 is 2.11 bits per heavy atom. The average Bonchev–Trinajstić information content (AvgIpc) is 2.38. The minimum atomic E-state index is 0.461. The lowest BCUT2D eigenvalue weighted by molar-refractivity contribution is 0.253.